The second-order valence-electron chi connectivity index (χ2n) is 9.81. The van der Waals surface area contributed by atoms with Crippen molar-refractivity contribution in [2.75, 3.05) is 20.8 Å². The number of hydrogen-bond donors (Lipinski definition) is 1. The largest absolute Gasteiger partial charge is 0.504 e. The average Bonchev–Trinajstić information content (AvgIpc) is 3.35. The van der Waals surface area contributed by atoms with Crippen molar-refractivity contribution in [3.05, 3.63) is 113 Å². The highest BCUT2D eigenvalue weighted by molar-refractivity contribution is 7.07. The monoisotopic (exact) mass is 631 g/mol. The van der Waals surface area contributed by atoms with Gasteiger partial charge in [0.25, 0.3) is 11.2 Å². The fourth-order valence-electron chi connectivity index (χ4n) is 4.93. The molecule has 3 aromatic carbocycles. The van der Waals surface area contributed by atoms with E-state index in [4.69, 9.17) is 23.9 Å². The van der Waals surface area contributed by atoms with Crippen LogP contribution in [0.4, 0.5) is 5.69 Å². The number of phenolic OH excluding ortho intramolecular Hbond substituents is 1. The van der Waals surface area contributed by atoms with Crippen LogP contribution in [0.2, 0.25) is 0 Å². The molecule has 0 amide bonds. The third-order valence-corrected chi connectivity index (χ3v) is 8.07. The van der Waals surface area contributed by atoms with Gasteiger partial charge in [0.15, 0.2) is 27.8 Å². The summed E-state index contributed by atoms with van der Waals surface area (Å²) in [4.78, 5) is 43.7. The van der Waals surface area contributed by atoms with E-state index in [1.54, 1.807) is 32.1 Å². The van der Waals surface area contributed by atoms with Crippen LogP contribution in [0, 0.1) is 10.1 Å². The molecule has 0 saturated heterocycles. The fraction of sp³-hybridized carbons (Fsp3) is 0.219. The molecule has 0 fully saturated rings. The van der Waals surface area contributed by atoms with Crippen molar-refractivity contribution in [3.63, 3.8) is 0 Å². The van der Waals surface area contributed by atoms with E-state index in [0.717, 1.165) is 16.9 Å². The zero-order valence-corrected chi connectivity index (χ0v) is 25.6. The van der Waals surface area contributed by atoms with Gasteiger partial charge in [0.05, 0.1) is 47.5 Å². The number of benzene rings is 3. The van der Waals surface area contributed by atoms with Crippen LogP contribution in [-0.2, 0) is 16.1 Å². The number of nitrogens with zero attached hydrogens (tertiary/aromatic N) is 3. The van der Waals surface area contributed by atoms with Crippen molar-refractivity contribution >= 4 is 34.8 Å². The molecule has 1 atom stereocenters. The second kappa shape index (κ2) is 13.1. The predicted octanol–water partition coefficient (Wildman–Crippen LogP) is 4.12. The first kappa shape index (κ1) is 31.0. The molecule has 0 radical (unpaired) electrons. The summed E-state index contributed by atoms with van der Waals surface area (Å²) >= 11 is 1.05. The molecule has 45 heavy (non-hydrogen) atoms. The maximum Gasteiger partial charge on any atom is 0.338 e. The average molecular weight is 632 g/mol. The number of nitro groups is 1. The molecule has 1 N–H and O–H groups in total. The first-order valence-electron chi connectivity index (χ1n) is 13.8. The van der Waals surface area contributed by atoms with Crippen molar-refractivity contribution in [1.82, 2.24) is 4.57 Å². The van der Waals surface area contributed by atoms with Crippen LogP contribution >= 0.6 is 11.3 Å². The molecular weight excluding hydrogens is 602 g/mol. The van der Waals surface area contributed by atoms with Gasteiger partial charge in [0, 0.05) is 5.70 Å². The van der Waals surface area contributed by atoms with Gasteiger partial charge in [0.2, 0.25) is 0 Å². The molecule has 13 heteroatoms. The van der Waals surface area contributed by atoms with Crippen LogP contribution in [0.5, 0.6) is 23.0 Å². The lowest BCUT2D eigenvalue weighted by Gasteiger charge is -2.23. The van der Waals surface area contributed by atoms with E-state index in [0.29, 0.717) is 5.56 Å². The quantitative estimate of drug-likeness (QED) is 0.155. The Bertz CT molecular complexity index is 2000. The number of aromatic hydroxyl groups is 1. The summed E-state index contributed by atoms with van der Waals surface area (Å²) in [6, 6.07) is 15.4. The molecule has 0 spiro atoms. The number of esters is 1. The summed E-state index contributed by atoms with van der Waals surface area (Å²) in [7, 11) is 2.82. The van der Waals surface area contributed by atoms with Crippen LogP contribution in [0.1, 0.15) is 36.6 Å². The minimum atomic E-state index is -1.19. The van der Waals surface area contributed by atoms with Gasteiger partial charge in [0.1, 0.15) is 12.6 Å². The van der Waals surface area contributed by atoms with Gasteiger partial charge in [-0.05, 0) is 49.2 Å². The zero-order valence-electron chi connectivity index (χ0n) is 24.8. The third kappa shape index (κ3) is 6.15. The van der Waals surface area contributed by atoms with Gasteiger partial charge in [-0.25, -0.2) is 9.79 Å². The maximum absolute atomic E-state index is 13.6. The summed E-state index contributed by atoms with van der Waals surface area (Å²) in [5.41, 5.74) is 0.905. The number of carbonyl (C=O) groups excluding carboxylic acids is 1. The highest BCUT2D eigenvalue weighted by Gasteiger charge is 2.36. The number of carbonyl (C=O) groups is 1. The Morgan fingerprint density at radius 2 is 1.82 bits per heavy atom. The van der Waals surface area contributed by atoms with Crippen LogP contribution in [0.15, 0.2) is 76.0 Å². The normalized spacial score (nSPS) is 14.4. The molecule has 12 nitrogen and oxygen atoms in total. The van der Waals surface area contributed by atoms with Crippen molar-refractivity contribution in [2.45, 2.75) is 26.5 Å². The van der Waals surface area contributed by atoms with Crippen LogP contribution < -0.4 is 29.1 Å². The van der Waals surface area contributed by atoms with E-state index in [2.05, 4.69) is 0 Å². The van der Waals surface area contributed by atoms with E-state index >= 15 is 0 Å². The Morgan fingerprint density at radius 3 is 2.49 bits per heavy atom. The number of nitro benzene ring substituents is 1. The molecular formula is C32H29N3O9S. The number of fused-ring (bicyclic) bond motifs is 1. The summed E-state index contributed by atoms with van der Waals surface area (Å²) in [5.74, 6) is -0.250. The molecule has 2 heterocycles. The van der Waals surface area contributed by atoms with Crippen molar-refractivity contribution in [2.24, 2.45) is 4.99 Å². The molecule has 0 bridgehead atoms. The topological polar surface area (TPSA) is 152 Å². The van der Waals surface area contributed by atoms with Gasteiger partial charge < -0.3 is 24.1 Å². The number of hydrogen-bond acceptors (Lipinski definition) is 11. The Hall–Kier alpha value is -5.43. The standard InChI is InChI=1S/C32H29N3O9S/c1-5-43-31(38)28-18(2)34-30(37)27(14-20-11-12-23(36)24(13-20)41-3)45-32(34)33-29(28)21-15-25(42-4)26(16-22(21)35(39)40)44-17-19-9-7-6-8-10-19/h6-16,29,36H,5,17H2,1-4H3/b27-14-/t29-/m0/s1. The van der Waals surface area contributed by atoms with E-state index in [-0.39, 0.29) is 68.1 Å². The van der Waals surface area contributed by atoms with Crippen molar-refractivity contribution < 1.29 is 33.8 Å². The second-order valence-corrected chi connectivity index (χ2v) is 10.8. The predicted molar refractivity (Wildman–Crippen MR) is 166 cm³/mol. The third-order valence-electron chi connectivity index (χ3n) is 7.08. The molecule has 1 aliphatic heterocycles. The first-order chi connectivity index (χ1) is 21.7. The van der Waals surface area contributed by atoms with Crippen LogP contribution in [0.3, 0.4) is 0 Å². The van der Waals surface area contributed by atoms with Crippen LogP contribution in [-0.4, -0.2) is 41.4 Å². The Labute approximate surface area is 260 Å². The molecule has 232 valence electrons. The van der Waals surface area contributed by atoms with Crippen LogP contribution in [0.25, 0.3) is 11.8 Å². The minimum Gasteiger partial charge on any atom is -0.504 e. The molecule has 0 aliphatic carbocycles. The highest BCUT2D eigenvalue weighted by atomic mass is 32.1. The molecule has 0 unspecified atom stereocenters. The molecule has 4 aromatic rings. The number of ether oxygens (including phenoxy) is 4. The van der Waals surface area contributed by atoms with E-state index in [1.807, 2.05) is 30.3 Å². The summed E-state index contributed by atoms with van der Waals surface area (Å²) in [5, 5.41) is 22.4. The summed E-state index contributed by atoms with van der Waals surface area (Å²) < 4.78 is 23.5. The number of allylic oxidation sites excluding steroid dienone is 1. The number of thiazole rings is 1. The maximum atomic E-state index is 13.6. The van der Waals surface area contributed by atoms with E-state index < -0.39 is 22.5 Å². The Morgan fingerprint density at radius 1 is 1.09 bits per heavy atom. The number of methoxy groups -OCH3 is 2. The number of rotatable bonds is 10. The molecule has 1 aromatic heterocycles. The van der Waals surface area contributed by atoms with Crippen molar-refractivity contribution in [3.8, 4) is 23.0 Å². The van der Waals surface area contributed by atoms with Gasteiger partial charge >= 0.3 is 5.97 Å². The lowest BCUT2D eigenvalue weighted by molar-refractivity contribution is -0.385. The highest BCUT2D eigenvalue weighted by Crippen LogP contribution is 2.43. The molecule has 0 saturated carbocycles. The Balaban J connectivity index is 1.69. The van der Waals surface area contributed by atoms with Gasteiger partial charge in [-0.1, -0.05) is 47.7 Å². The van der Waals surface area contributed by atoms with Gasteiger partial charge in [-0.2, -0.15) is 0 Å². The zero-order chi connectivity index (χ0) is 32.2. The smallest absolute Gasteiger partial charge is 0.338 e. The molecule has 1 aliphatic rings. The lowest BCUT2D eigenvalue weighted by Crippen LogP contribution is -2.35. The molecule has 5 rings (SSSR count). The lowest BCUT2D eigenvalue weighted by atomic mass is 9.94. The minimum absolute atomic E-state index is 0.0230. The van der Waals surface area contributed by atoms with Gasteiger partial charge in [-0.3, -0.25) is 19.5 Å². The summed E-state index contributed by atoms with van der Waals surface area (Å²) in [6.45, 7) is 3.38. The first-order valence-corrected chi connectivity index (χ1v) is 14.6. The number of phenols is 1. The fourth-order valence-corrected chi connectivity index (χ4v) is 5.97. The van der Waals surface area contributed by atoms with E-state index in [1.165, 1.54) is 37.0 Å². The van der Waals surface area contributed by atoms with E-state index in [9.17, 15) is 24.8 Å². The Kier molecular flexibility index (Phi) is 9.00. The summed E-state index contributed by atoms with van der Waals surface area (Å²) in [6.07, 6.45) is 1.60. The van der Waals surface area contributed by atoms with Gasteiger partial charge in [-0.15, -0.1) is 0 Å². The van der Waals surface area contributed by atoms with Crippen molar-refractivity contribution in [1.29, 1.82) is 0 Å². The SMILES string of the molecule is CCOC(=O)C1=C(C)n2c(s/c(=C\c3ccc(O)c(OC)c3)c2=O)=N[C@H]1c1cc(OC)c(OCc2ccccc2)cc1[N+](=O)[O-]. The number of aromatic nitrogens is 1.